The van der Waals surface area contributed by atoms with E-state index in [-0.39, 0.29) is 5.41 Å². The van der Waals surface area contributed by atoms with Gasteiger partial charge in [-0.3, -0.25) is 0 Å². The van der Waals surface area contributed by atoms with Gasteiger partial charge in [-0.05, 0) is 31.0 Å². The van der Waals surface area contributed by atoms with Crippen molar-refractivity contribution in [2.75, 3.05) is 0 Å². The average Bonchev–Trinajstić information content (AvgIpc) is 2.30. The first-order valence-electron chi connectivity index (χ1n) is 5.67. The second-order valence-electron chi connectivity index (χ2n) is 4.72. The average molecular weight is 225 g/mol. The first-order valence-corrected chi connectivity index (χ1v) is 5.67. The highest BCUT2D eigenvalue weighted by Crippen LogP contribution is 2.35. The second-order valence-corrected chi connectivity index (χ2v) is 4.72. The molecule has 2 heteroatoms. The molecule has 0 saturated carbocycles. The number of hydrogen-bond donors (Lipinski definition) is 0. The Labute approximate surface area is 101 Å². The Morgan fingerprint density at radius 3 is 2.59 bits per heavy atom. The summed E-state index contributed by atoms with van der Waals surface area (Å²) >= 11 is 0. The number of benzene rings is 1. The van der Waals surface area contributed by atoms with E-state index in [0.29, 0.717) is 5.69 Å². The van der Waals surface area contributed by atoms with Crippen LogP contribution in [0.25, 0.3) is 0 Å². The molecular formula is C15H15NO. The van der Waals surface area contributed by atoms with Crippen LogP contribution < -0.4 is 0 Å². The van der Waals surface area contributed by atoms with Crippen LogP contribution in [0.1, 0.15) is 25.8 Å². The van der Waals surface area contributed by atoms with Crippen LogP contribution >= 0.6 is 0 Å². The zero-order chi connectivity index (χ0) is 12.3. The predicted molar refractivity (Wildman–Crippen MR) is 69.1 cm³/mol. The first-order chi connectivity index (χ1) is 8.14. The molecule has 0 radical (unpaired) electrons. The Morgan fingerprint density at radius 1 is 1.29 bits per heavy atom. The van der Waals surface area contributed by atoms with E-state index in [1.165, 1.54) is 11.1 Å². The molecule has 0 saturated heterocycles. The zero-order valence-corrected chi connectivity index (χ0v) is 10.1. The number of allylic oxidation sites excluding steroid dienone is 4. The Balaban J connectivity index is 2.31. The molecule has 0 amide bonds. The normalized spacial score (nSPS) is 22.8. The minimum atomic E-state index is 0.0439. The number of rotatable bonds is 2. The predicted octanol–water partition coefficient (Wildman–Crippen LogP) is 3.82. The summed E-state index contributed by atoms with van der Waals surface area (Å²) in [6, 6.07) is 7.76. The van der Waals surface area contributed by atoms with Gasteiger partial charge >= 0.3 is 0 Å². The molecule has 1 atom stereocenters. The van der Waals surface area contributed by atoms with Crippen molar-refractivity contribution in [2.45, 2.75) is 25.7 Å². The van der Waals surface area contributed by atoms with Gasteiger partial charge in [-0.15, -0.1) is 0 Å². The molecule has 17 heavy (non-hydrogen) atoms. The largest absolute Gasteiger partial charge is 0.240 e. The molecule has 0 N–H and O–H groups in total. The summed E-state index contributed by atoms with van der Waals surface area (Å²) in [5, 5.41) is 0. The molecule has 0 aromatic heterocycles. The van der Waals surface area contributed by atoms with Gasteiger partial charge in [-0.1, -0.05) is 42.9 Å². The number of isocyanates is 1. The summed E-state index contributed by atoms with van der Waals surface area (Å²) in [6.07, 6.45) is 9.05. The minimum absolute atomic E-state index is 0.0439. The topological polar surface area (TPSA) is 29.4 Å². The molecule has 0 bridgehead atoms. The molecule has 1 aliphatic rings. The first kappa shape index (κ1) is 11.6. The summed E-state index contributed by atoms with van der Waals surface area (Å²) in [6.45, 7) is 4.37. The molecule has 1 aliphatic carbocycles. The van der Waals surface area contributed by atoms with E-state index in [2.05, 4.69) is 37.1 Å². The molecule has 1 aromatic carbocycles. The highest BCUT2D eigenvalue weighted by molar-refractivity contribution is 5.50. The third kappa shape index (κ3) is 2.43. The van der Waals surface area contributed by atoms with Crippen LogP contribution in [0.3, 0.4) is 0 Å². The van der Waals surface area contributed by atoms with Gasteiger partial charge in [0, 0.05) is 5.41 Å². The van der Waals surface area contributed by atoms with Crippen LogP contribution in [-0.4, -0.2) is 6.08 Å². The van der Waals surface area contributed by atoms with Crippen LogP contribution in [0, 0.1) is 0 Å². The van der Waals surface area contributed by atoms with Crippen LogP contribution in [0.4, 0.5) is 5.69 Å². The van der Waals surface area contributed by atoms with E-state index < -0.39 is 0 Å². The van der Waals surface area contributed by atoms with Crippen molar-refractivity contribution >= 4 is 11.8 Å². The molecule has 2 rings (SSSR count). The number of nitrogens with zero attached hydrogens (tertiary/aromatic N) is 1. The summed E-state index contributed by atoms with van der Waals surface area (Å²) in [7, 11) is 0. The van der Waals surface area contributed by atoms with Gasteiger partial charge in [0.05, 0.1) is 5.69 Å². The Morgan fingerprint density at radius 2 is 2.00 bits per heavy atom. The van der Waals surface area contributed by atoms with E-state index in [4.69, 9.17) is 0 Å². The van der Waals surface area contributed by atoms with Crippen LogP contribution in [-0.2, 0) is 10.2 Å². The fraction of sp³-hybridized carbons (Fsp3) is 0.267. The summed E-state index contributed by atoms with van der Waals surface area (Å²) in [4.78, 5) is 13.8. The van der Waals surface area contributed by atoms with Gasteiger partial charge in [0.25, 0.3) is 0 Å². The third-order valence-electron chi connectivity index (χ3n) is 3.19. The monoisotopic (exact) mass is 225 g/mol. The van der Waals surface area contributed by atoms with Crippen molar-refractivity contribution in [3.8, 4) is 0 Å². The number of hydrogen-bond acceptors (Lipinski definition) is 2. The molecule has 0 spiro atoms. The quantitative estimate of drug-likeness (QED) is 0.555. The van der Waals surface area contributed by atoms with Crippen LogP contribution in [0.5, 0.6) is 0 Å². The van der Waals surface area contributed by atoms with Gasteiger partial charge in [0.15, 0.2) is 0 Å². The lowest BCUT2D eigenvalue weighted by atomic mass is 9.75. The van der Waals surface area contributed by atoms with Crippen molar-refractivity contribution < 1.29 is 4.79 Å². The van der Waals surface area contributed by atoms with Crippen molar-refractivity contribution in [2.24, 2.45) is 4.99 Å². The highest BCUT2D eigenvalue weighted by atomic mass is 16.1. The summed E-state index contributed by atoms with van der Waals surface area (Å²) in [5.41, 5.74) is 3.32. The summed E-state index contributed by atoms with van der Waals surface area (Å²) < 4.78 is 0. The van der Waals surface area contributed by atoms with Crippen molar-refractivity contribution in [1.29, 1.82) is 0 Å². The fourth-order valence-electron chi connectivity index (χ4n) is 2.29. The maximum absolute atomic E-state index is 10.2. The molecular weight excluding hydrogens is 210 g/mol. The van der Waals surface area contributed by atoms with Crippen molar-refractivity contribution in [3.05, 3.63) is 53.6 Å². The molecule has 1 aromatic rings. The third-order valence-corrected chi connectivity index (χ3v) is 3.19. The van der Waals surface area contributed by atoms with E-state index in [1.807, 2.05) is 24.3 Å². The minimum Gasteiger partial charge on any atom is -0.211 e. The van der Waals surface area contributed by atoms with E-state index in [9.17, 15) is 4.79 Å². The lowest BCUT2D eigenvalue weighted by Gasteiger charge is -2.29. The Hall–Kier alpha value is -1.92. The number of carbonyl (C=O) groups excluding carboxylic acids is 1. The molecule has 86 valence electrons. The lowest BCUT2D eigenvalue weighted by molar-refractivity contribution is 0.565. The fourth-order valence-corrected chi connectivity index (χ4v) is 2.29. The maximum Gasteiger partial charge on any atom is 0.240 e. The van der Waals surface area contributed by atoms with Gasteiger partial charge in [0.2, 0.25) is 6.08 Å². The Bertz CT molecular complexity index is 518. The zero-order valence-electron chi connectivity index (χ0n) is 10.1. The highest BCUT2D eigenvalue weighted by Gasteiger charge is 2.25. The number of aliphatic imine (C=N–C) groups is 1. The van der Waals surface area contributed by atoms with Crippen LogP contribution in [0.2, 0.25) is 0 Å². The van der Waals surface area contributed by atoms with Crippen molar-refractivity contribution in [1.82, 2.24) is 0 Å². The van der Waals surface area contributed by atoms with Gasteiger partial charge in [-0.25, -0.2) is 4.79 Å². The molecule has 2 nitrogen and oxygen atoms in total. The van der Waals surface area contributed by atoms with Crippen molar-refractivity contribution in [3.63, 3.8) is 0 Å². The smallest absolute Gasteiger partial charge is 0.211 e. The van der Waals surface area contributed by atoms with Gasteiger partial charge in [-0.2, -0.15) is 4.99 Å². The lowest BCUT2D eigenvalue weighted by Crippen LogP contribution is -2.20. The SMILES string of the molecule is CC1=CC=CC(C)(c2ccc(N=C=O)cc2)C1. The second kappa shape index (κ2) is 4.52. The molecule has 0 heterocycles. The summed E-state index contributed by atoms with van der Waals surface area (Å²) in [5.74, 6) is 0. The molecule has 0 fully saturated rings. The Kier molecular flexibility index (Phi) is 3.08. The van der Waals surface area contributed by atoms with Gasteiger partial charge in [0.1, 0.15) is 0 Å². The van der Waals surface area contributed by atoms with E-state index >= 15 is 0 Å². The standard InChI is InChI=1S/C15H15NO/c1-12-4-3-9-15(2,10-12)13-5-7-14(8-6-13)16-11-17/h3-9H,10H2,1-2H3. The molecule has 0 aliphatic heterocycles. The van der Waals surface area contributed by atoms with Crippen LogP contribution in [0.15, 0.2) is 53.1 Å². The molecule has 1 unspecified atom stereocenters. The van der Waals surface area contributed by atoms with E-state index in [0.717, 1.165) is 6.42 Å². The van der Waals surface area contributed by atoms with E-state index in [1.54, 1.807) is 6.08 Å². The van der Waals surface area contributed by atoms with Gasteiger partial charge < -0.3 is 0 Å². The maximum atomic E-state index is 10.2.